The van der Waals surface area contributed by atoms with Crippen LogP contribution in [0.2, 0.25) is 0 Å². The molecule has 0 unspecified atom stereocenters. The molecular formula is C13H13N5O. The topological polar surface area (TPSA) is 70.8 Å². The molecule has 96 valence electrons. The fourth-order valence-corrected chi connectivity index (χ4v) is 2.63. The Morgan fingerprint density at radius 2 is 2.32 bits per heavy atom. The number of hydrogen-bond acceptors (Lipinski definition) is 5. The third-order valence-corrected chi connectivity index (χ3v) is 3.66. The molecule has 0 spiro atoms. The summed E-state index contributed by atoms with van der Waals surface area (Å²) >= 11 is 0. The Balaban J connectivity index is 1.78. The van der Waals surface area contributed by atoms with E-state index in [-0.39, 0.29) is 0 Å². The standard InChI is InChI=1S/C13H13N5O/c1-8-10-6-18(5-3-11(10)19-17-8)13-9-2-4-14-12(9)15-7-16-13/h2,4,7H,3,5-6H2,1H3,(H,14,15,16). The Kier molecular flexibility index (Phi) is 2.11. The van der Waals surface area contributed by atoms with E-state index in [1.165, 1.54) is 5.56 Å². The van der Waals surface area contributed by atoms with Crippen molar-refractivity contribution in [2.75, 3.05) is 11.4 Å². The number of nitrogens with zero attached hydrogens (tertiary/aromatic N) is 4. The SMILES string of the molecule is Cc1noc2c1CN(c1ncnc3[nH]ccc13)CC2. The second kappa shape index (κ2) is 3.81. The number of nitrogens with one attached hydrogen (secondary N) is 1. The van der Waals surface area contributed by atoms with Gasteiger partial charge in [0.05, 0.1) is 11.1 Å². The second-order valence-electron chi connectivity index (χ2n) is 4.78. The lowest BCUT2D eigenvalue weighted by Gasteiger charge is -2.27. The van der Waals surface area contributed by atoms with E-state index in [9.17, 15) is 0 Å². The van der Waals surface area contributed by atoms with Gasteiger partial charge in [0, 0.05) is 31.3 Å². The van der Waals surface area contributed by atoms with Crippen molar-refractivity contribution in [1.82, 2.24) is 20.1 Å². The molecule has 3 aromatic heterocycles. The molecule has 19 heavy (non-hydrogen) atoms. The zero-order chi connectivity index (χ0) is 12.8. The first-order chi connectivity index (χ1) is 9.33. The molecule has 6 nitrogen and oxygen atoms in total. The molecule has 1 aliphatic heterocycles. The van der Waals surface area contributed by atoms with Gasteiger partial charge in [-0.25, -0.2) is 9.97 Å². The van der Waals surface area contributed by atoms with Crippen LogP contribution in [0.5, 0.6) is 0 Å². The molecule has 0 fully saturated rings. The fourth-order valence-electron chi connectivity index (χ4n) is 2.63. The number of fused-ring (bicyclic) bond motifs is 2. The van der Waals surface area contributed by atoms with E-state index in [4.69, 9.17) is 4.52 Å². The summed E-state index contributed by atoms with van der Waals surface area (Å²) in [6.07, 6.45) is 4.36. The highest BCUT2D eigenvalue weighted by molar-refractivity contribution is 5.87. The molecule has 3 aromatic rings. The molecule has 0 amide bonds. The van der Waals surface area contributed by atoms with Gasteiger partial charge in [-0.2, -0.15) is 0 Å². The first-order valence-electron chi connectivity index (χ1n) is 6.30. The summed E-state index contributed by atoms with van der Waals surface area (Å²) in [7, 11) is 0. The Bertz CT molecular complexity index is 744. The maximum absolute atomic E-state index is 5.33. The molecule has 0 radical (unpaired) electrons. The van der Waals surface area contributed by atoms with Crippen LogP contribution < -0.4 is 4.90 Å². The van der Waals surface area contributed by atoms with Crippen molar-refractivity contribution in [3.05, 3.63) is 35.6 Å². The van der Waals surface area contributed by atoms with Crippen molar-refractivity contribution in [1.29, 1.82) is 0 Å². The Morgan fingerprint density at radius 3 is 3.26 bits per heavy atom. The molecule has 0 saturated heterocycles. The second-order valence-corrected chi connectivity index (χ2v) is 4.78. The van der Waals surface area contributed by atoms with Gasteiger partial charge in [0.1, 0.15) is 23.6 Å². The molecule has 4 rings (SSSR count). The van der Waals surface area contributed by atoms with Crippen LogP contribution in [0.25, 0.3) is 11.0 Å². The van der Waals surface area contributed by atoms with E-state index >= 15 is 0 Å². The summed E-state index contributed by atoms with van der Waals surface area (Å²) in [5, 5.41) is 5.09. The first kappa shape index (κ1) is 10.5. The summed E-state index contributed by atoms with van der Waals surface area (Å²) in [6, 6.07) is 2.01. The molecule has 0 atom stereocenters. The average Bonchev–Trinajstić information content (AvgIpc) is 3.05. The number of rotatable bonds is 1. The largest absolute Gasteiger partial charge is 0.361 e. The van der Waals surface area contributed by atoms with E-state index in [2.05, 4.69) is 25.0 Å². The Hall–Kier alpha value is -2.37. The maximum Gasteiger partial charge on any atom is 0.143 e. The van der Waals surface area contributed by atoms with Gasteiger partial charge in [-0.15, -0.1) is 0 Å². The van der Waals surface area contributed by atoms with Crippen LogP contribution in [0.3, 0.4) is 0 Å². The Morgan fingerprint density at radius 1 is 1.37 bits per heavy atom. The van der Waals surface area contributed by atoms with Crippen molar-refractivity contribution in [2.45, 2.75) is 19.9 Å². The third kappa shape index (κ3) is 1.53. The monoisotopic (exact) mass is 255 g/mol. The van der Waals surface area contributed by atoms with Crippen LogP contribution in [0.15, 0.2) is 23.1 Å². The van der Waals surface area contributed by atoms with Crippen LogP contribution >= 0.6 is 0 Å². The minimum absolute atomic E-state index is 0.794. The quantitative estimate of drug-likeness (QED) is 0.718. The van der Waals surface area contributed by atoms with Crippen molar-refractivity contribution in [3.8, 4) is 0 Å². The van der Waals surface area contributed by atoms with E-state index < -0.39 is 0 Å². The highest BCUT2D eigenvalue weighted by Gasteiger charge is 2.24. The molecule has 0 bridgehead atoms. The van der Waals surface area contributed by atoms with Crippen LogP contribution in [0, 0.1) is 6.92 Å². The molecule has 0 aliphatic carbocycles. The molecular weight excluding hydrogens is 242 g/mol. The van der Waals surface area contributed by atoms with Gasteiger partial charge < -0.3 is 14.4 Å². The highest BCUT2D eigenvalue weighted by Crippen LogP contribution is 2.28. The lowest BCUT2D eigenvalue weighted by Crippen LogP contribution is -2.30. The summed E-state index contributed by atoms with van der Waals surface area (Å²) in [4.78, 5) is 14.0. The molecule has 1 aliphatic rings. The van der Waals surface area contributed by atoms with E-state index in [1.807, 2.05) is 19.2 Å². The maximum atomic E-state index is 5.33. The van der Waals surface area contributed by atoms with Crippen molar-refractivity contribution in [2.24, 2.45) is 0 Å². The van der Waals surface area contributed by atoms with E-state index in [0.29, 0.717) is 0 Å². The van der Waals surface area contributed by atoms with E-state index in [0.717, 1.165) is 47.8 Å². The van der Waals surface area contributed by atoms with Gasteiger partial charge in [-0.3, -0.25) is 0 Å². The molecule has 1 N–H and O–H groups in total. The van der Waals surface area contributed by atoms with E-state index in [1.54, 1.807) is 6.33 Å². The van der Waals surface area contributed by atoms with Gasteiger partial charge in [0.2, 0.25) is 0 Å². The fraction of sp³-hybridized carbons (Fsp3) is 0.308. The summed E-state index contributed by atoms with van der Waals surface area (Å²) in [5.74, 6) is 1.98. The summed E-state index contributed by atoms with van der Waals surface area (Å²) < 4.78 is 5.33. The van der Waals surface area contributed by atoms with Crippen LogP contribution in [-0.4, -0.2) is 26.7 Å². The number of anilines is 1. The number of H-pyrrole nitrogens is 1. The van der Waals surface area contributed by atoms with Crippen LogP contribution in [-0.2, 0) is 13.0 Å². The van der Waals surface area contributed by atoms with Crippen LogP contribution in [0.4, 0.5) is 5.82 Å². The predicted molar refractivity (Wildman–Crippen MR) is 69.9 cm³/mol. The lowest BCUT2D eigenvalue weighted by molar-refractivity contribution is 0.374. The molecule has 6 heteroatoms. The lowest BCUT2D eigenvalue weighted by atomic mass is 10.1. The van der Waals surface area contributed by atoms with Gasteiger partial charge >= 0.3 is 0 Å². The van der Waals surface area contributed by atoms with Gasteiger partial charge in [0.15, 0.2) is 0 Å². The van der Waals surface area contributed by atoms with Gasteiger partial charge in [0.25, 0.3) is 0 Å². The van der Waals surface area contributed by atoms with Crippen molar-refractivity contribution < 1.29 is 4.52 Å². The smallest absolute Gasteiger partial charge is 0.143 e. The van der Waals surface area contributed by atoms with Gasteiger partial charge in [-0.1, -0.05) is 5.16 Å². The van der Waals surface area contributed by atoms with Crippen molar-refractivity contribution >= 4 is 16.9 Å². The predicted octanol–water partition coefficient (Wildman–Crippen LogP) is 1.82. The minimum atomic E-state index is 0.794. The number of aromatic nitrogens is 4. The molecule has 0 aromatic carbocycles. The summed E-state index contributed by atoms with van der Waals surface area (Å²) in [5.41, 5.74) is 3.03. The molecule has 0 saturated carbocycles. The zero-order valence-electron chi connectivity index (χ0n) is 10.6. The molecule has 4 heterocycles. The number of aryl methyl sites for hydroxylation is 1. The van der Waals surface area contributed by atoms with Crippen molar-refractivity contribution in [3.63, 3.8) is 0 Å². The highest BCUT2D eigenvalue weighted by atomic mass is 16.5. The normalized spacial score (nSPS) is 14.9. The third-order valence-electron chi connectivity index (χ3n) is 3.66. The van der Waals surface area contributed by atoms with Crippen LogP contribution in [0.1, 0.15) is 17.0 Å². The summed E-state index contributed by atoms with van der Waals surface area (Å²) in [6.45, 7) is 3.67. The van der Waals surface area contributed by atoms with Gasteiger partial charge in [-0.05, 0) is 13.0 Å². The zero-order valence-corrected chi connectivity index (χ0v) is 10.6. The Labute approximate surface area is 109 Å². The average molecular weight is 255 g/mol. The minimum Gasteiger partial charge on any atom is -0.361 e. The first-order valence-corrected chi connectivity index (χ1v) is 6.30. The number of hydrogen-bond donors (Lipinski definition) is 1. The number of aromatic amines is 1.